The van der Waals surface area contributed by atoms with Gasteiger partial charge in [-0.25, -0.2) is 0 Å². The molecular formula is C8H15N3O2S. The highest BCUT2D eigenvalue weighted by Gasteiger charge is 2.13. The molecule has 0 aliphatic carbocycles. The number of nitrogens with two attached hydrogens (primary N) is 1. The van der Waals surface area contributed by atoms with Crippen molar-refractivity contribution in [1.82, 2.24) is 10.1 Å². The van der Waals surface area contributed by atoms with Gasteiger partial charge in [0, 0.05) is 0 Å². The molecular weight excluding hydrogens is 202 g/mol. The second kappa shape index (κ2) is 6.00. The average molecular weight is 217 g/mol. The van der Waals surface area contributed by atoms with Crippen molar-refractivity contribution in [3.63, 3.8) is 0 Å². The van der Waals surface area contributed by atoms with Gasteiger partial charge in [-0.3, -0.25) is 0 Å². The molecule has 3 N–H and O–H groups in total. The predicted molar refractivity (Wildman–Crippen MR) is 54.8 cm³/mol. The lowest BCUT2D eigenvalue weighted by molar-refractivity contribution is 0.236. The van der Waals surface area contributed by atoms with Crippen molar-refractivity contribution in [2.45, 2.75) is 25.1 Å². The highest BCUT2D eigenvalue weighted by molar-refractivity contribution is 7.98. The van der Waals surface area contributed by atoms with Gasteiger partial charge in [-0.1, -0.05) is 12.1 Å². The standard InChI is InChI=1S/C8H15N3O2S/c1-2-3-14-5-7-10-8(13-11-7)6(9)4-12/h6,12H,2-5,9H2,1H3/t6-/m1/s1. The molecule has 0 fully saturated rings. The molecule has 6 heteroatoms. The number of thioether (sulfide) groups is 1. The molecule has 0 aromatic carbocycles. The van der Waals surface area contributed by atoms with E-state index in [0.29, 0.717) is 11.7 Å². The van der Waals surface area contributed by atoms with Gasteiger partial charge in [-0.05, 0) is 12.2 Å². The van der Waals surface area contributed by atoms with E-state index in [1.165, 1.54) is 0 Å². The van der Waals surface area contributed by atoms with Crippen LogP contribution in [0.25, 0.3) is 0 Å². The maximum absolute atomic E-state index is 8.75. The summed E-state index contributed by atoms with van der Waals surface area (Å²) in [5.41, 5.74) is 5.51. The van der Waals surface area contributed by atoms with Crippen molar-refractivity contribution >= 4 is 11.8 Å². The smallest absolute Gasteiger partial charge is 0.245 e. The molecule has 1 heterocycles. The first-order valence-corrected chi connectivity index (χ1v) is 5.70. The lowest BCUT2D eigenvalue weighted by Gasteiger charge is -1.98. The summed E-state index contributed by atoms with van der Waals surface area (Å²) >= 11 is 1.75. The second-order valence-electron chi connectivity index (χ2n) is 2.89. The molecule has 14 heavy (non-hydrogen) atoms. The molecule has 0 radical (unpaired) electrons. The summed E-state index contributed by atoms with van der Waals surface area (Å²) < 4.78 is 4.89. The Balaban J connectivity index is 2.42. The molecule has 0 spiro atoms. The van der Waals surface area contributed by atoms with E-state index >= 15 is 0 Å². The first kappa shape index (κ1) is 11.5. The van der Waals surface area contributed by atoms with Crippen LogP contribution in [-0.2, 0) is 5.75 Å². The van der Waals surface area contributed by atoms with Gasteiger partial charge in [0.05, 0.1) is 12.4 Å². The lowest BCUT2D eigenvalue weighted by Crippen LogP contribution is -2.14. The minimum absolute atomic E-state index is 0.177. The molecule has 0 amide bonds. The molecule has 1 atom stereocenters. The van der Waals surface area contributed by atoms with Crippen molar-refractivity contribution in [2.24, 2.45) is 5.73 Å². The molecule has 0 bridgehead atoms. The molecule has 1 aromatic rings. The summed E-state index contributed by atoms with van der Waals surface area (Å²) in [5.74, 6) is 2.76. The Morgan fingerprint density at radius 2 is 2.43 bits per heavy atom. The Labute approximate surface area is 87.1 Å². The molecule has 0 saturated heterocycles. The maximum Gasteiger partial charge on any atom is 0.245 e. The van der Waals surface area contributed by atoms with Crippen LogP contribution >= 0.6 is 11.8 Å². The Hall–Kier alpha value is -0.590. The largest absolute Gasteiger partial charge is 0.394 e. The van der Waals surface area contributed by atoms with Crippen LogP contribution in [0, 0.1) is 0 Å². The van der Waals surface area contributed by atoms with Crippen LogP contribution in [0.3, 0.4) is 0 Å². The molecule has 0 aliphatic heterocycles. The summed E-state index contributed by atoms with van der Waals surface area (Å²) in [6, 6.07) is -0.563. The van der Waals surface area contributed by atoms with Crippen molar-refractivity contribution in [3.8, 4) is 0 Å². The number of aliphatic hydroxyl groups is 1. The predicted octanol–water partition coefficient (Wildman–Crippen LogP) is 0.705. The van der Waals surface area contributed by atoms with E-state index < -0.39 is 6.04 Å². The topological polar surface area (TPSA) is 85.2 Å². The Morgan fingerprint density at radius 1 is 1.64 bits per heavy atom. The van der Waals surface area contributed by atoms with E-state index in [1.54, 1.807) is 11.8 Å². The third-order valence-corrected chi connectivity index (χ3v) is 2.74. The van der Waals surface area contributed by atoms with Gasteiger partial charge in [-0.2, -0.15) is 16.7 Å². The van der Waals surface area contributed by atoms with Gasteiger partial charge in [-0.15, -0.1) is 0 Å². The zero-order valence-corrected chi connectivity index (χ0v) is 8.96. The van der Waals surface area contributed by atoms with Crippen LogP contribution in [0.4, 0.5) is 0 Å². The average Bonchev–Trinajstić information content (AvgIpc) is 2.66. The maximum atomic E-state index is 8.75. The van der Waals surface area contributed by atoms with Crippen molar-refractivity contribution < 1.29 is 9.63 Å². The summed E-state index contributed by atoms with van der Waals surface area (Å²) in [6.07, 6.45) is 1.13. The van der Waals surface area contributed by atoms with Crippen LogP contribution in [0.2, 0.25) is 0 Å². The molecule has 0 saturated carbocycles. The summed E-state index contributed by atoms with van der Waals surface area (Å²) in [6.45, 7) is 1.94. The highest BCUT2D eigenvalue weighted by atomic mass is 32.2. The van der Waals surface area contributed by atoms with Crippen molar-refractivity contribution in [3.05, 3.63) is 11.7 Å². The van der Waals surface area contributed by atoms with Crippen LogP contribution in [0.1, 0.15) is 31.1 Å². The van der Waals surface area contributed by atoms with E-state index in [4.69, 9.17) is 15.4 Å². The fraction of sp³-hybridized carbons (Fsp3) is 0.750. The van der Waals surface area contributed by atoms with Crippen molar-refractivity contribution in [1.29, 1.82) is 0 Å². The first-order valence-electron chi connectivity index (χ1n) is 4.54. The number of hydrogen-bond donors (Lipinski definition) is 2. The highest BCUT2D eigenvalue weighted by Crippen LogP contribution is 2.12. The Bertz CT molecular complexity index is 267. The molecule has 80 valence electrons. The molecule has 1 aromatic heterocycles. The van der Waals surface area contributed by atoms with Gasteiger partial charge in [0.25, 0.3) is 0 Å². The zero-order chi connectivity index (χ0) is 10.4. The van der Waals surface area contributed by atoms with E-state index in [1.807, 2.05) is 0 Å². The first-order chi connectivity index (χ1) is 6.77. The lowest BCUT2D eigenvalue weighted by atomic mass is 10.3. The Morgan fingerprint density at radius 3 is 3.07 bits per heavy atom. The normalized spacial score (nSPS) is 13.1. The van der Waals surface area contributed by atoms with E-state index in [-0.39, 0.29) is 6.61 Å². The van der Waals surface area contributed by atoms with Crippen LogP contribution in [0.5, 0.6) is 0 Å². The van der Waals surface area contributed by atoms with Gasteiger partial charge in [0.2, 0.25) is 5.89 Å². The minimum Gasteiger partial charge on any atom is -0.394 e. The number of aliphatic hydroxyl groups excluding tert-OH is 1. The molecule has 0 unspecified atom stereocenters. The second-order valence-corrected chi connectivity index (χ2v) is 4.00. The van der Waals surface area contributed by atoms with Crippen LogP contribution < -0.4 is 5.73 Å². The van der Waals surface area contributed by atoms with Crippen LogP contribution in [-0.4, -0.2) is 27.6 Å². The third-order valence-electron chi connectivity index (χ3n) is 1.58. The monoisotopic (exact) mass is 217 g/mol. The van der Waals surface area contributed by atoms with E-state index in [2.05, 4.69) is 17.1 Å². The zero-order valence-electron chi connectivity index (χ0n) is 8.14. The summed E-state index contributed by atoms with van der Waals surface area (Å²) in [4.78, 5) is 4.07. The number of rotatable bonds is 6. The SMILES string of the molecule is CCCSCc1noc([C@H](N)CO)n1. The number of hydrogen-bond acceptors (Lipinski definition) is 6. The fourth-order valence-electron chi connectivity index (χ4n) is 0.863. The minimum atomic E-state index is -0.563. The molecule has 0 aliphatic rings. The fourth-order valence-corrected chi connectivity index (χ4v) is 1.60. The Kier molecular flexibility index (Phi) is 4.92. The number of nitrogens with zero attached hydrogens (tertiary/aromatic N) is 2. The van der Waals surface area contributed by atoms with Gasteiger partial charge < -0.3 is 15.4 Å². The summed E-state index contributed by atoms with van der Waals surface area (Å²) in [7, 11) is 0. The molecule has 5 nitrogen and oxygen atoms in total. The molecule has 1 rings (SSSR count). The van der Waals surface area contributed by atoms with Crippen molar-refractivity contribution in [2.75, 3.05) is 12.4 Å². The van der Waals surface area contributed by atoms with Gasteiger partial charge in [0.1, 0.15) is 6.04 Å². The van der Waals surface area contributed by atoms with Crippen LogP contribution in [0.15, 0.2) is 4.52 Å². The van der Waals surface area contributed by atoms with Gasteiger partial charge in [0.15, 0.2) is 5.82 Å². The van der Waals surface area contributed by atoms with E-state index in [9.17, 15) is 0 Å². The summed E-state index contributed by atoms with van der Waals surface area (Å²) in [5, 5.41) is 12.5. The third kappa shape index (κ3) is 3.28. The van der Waals surface area contributed by atoms with Gasteiger partial charge >= 0.3 is 0 Å². The van der Waals surface area contributed by atoms with E-state index in [0.717, 1.165) is 17.9 Å². The quantitative estimate of drug-likeness (QED) is 0.682. The number of aromatic nitrogens is 2.